The normalized spacial score (nSPS) is 16.2. The van der Waals surface area contributed by atoms with Crippen molar-refractivity contribution in [2.24, 2.45) is 0 Å². The van der Waals surface area contributed by atoms with Crippen LogP contribution in [0.2, 0.25) is 0 Å². The zero-order chi connectivity index (χ0) is 26.0. The van der Waals surface area contributed by atoms with Gasteiger partial charge in [0.2, 0.25) is 0 Å². The molecule has 1 aliphatic heterocycles. The van der Waals surface area contributed by atoms with E-state index in [0.29, 0.717) is 38.6 Å². The van der Waals surface area contributed by atoms with Crippen molar-refractivity contribution in [1.29, 1.82) is 0 Å². The Morgan fingerprint density at radius 2 is 1.78 bits per heavy atom. The van der Waals surface area contributed by atoms with Gasteiger partial charge in [0, 0.05) is 26.2 Å². The van der Waals surface area contributed by atoms with Crippen LogP contribution in [0.5, 0.6) is 5.75 Å². The molecule has 8 heteroatoms. The molecule has 0 spiro atoms. The average molecular weight is 505 g/mol. The van der Waals surface area contributed by atoms with Gasteiger partial charge in [0.15, 0.2) is 5.82 Å². The molecule has 1 saturated carbocycles. The zero-order valence-corrected chi connectivity index (χ0v) is 22.0. The summed E-state index contributed by atoms with van der Waals surface area (Å²) in [6.07, 6.45) is 4.02. The van der Waals surface area contributed by atoms with Gasteiger partial charge in [-0.1, -0.05) is 18.2 Å². The Morgan fingerprint density at radius 1 is 1.03 bits per heavy atom. The molecule has 0 bridgehead atoms. The second-order valence-electron chi connectivity index (χ2n) is 11.0. The first-order chi connectivity index (χ1) is 17.7. The highest BCUT2D eigenvalue weighted by Gasteiger charge is 2.29. The van der Waals surface area contributed by atoms with Crippen molar-refractivity contribution in [3.05, 3.63) is 59.4 Å². The van der Waals surface area contributed by atoms with Crippen molar-refractivity contribution in [3.8, 4) is 5.75 Å². The standard InChI is InChI=1S/C29H36N4O4/c1-29(2,3)37-28(35)33-15-13-32(14-16-33)27(34)26-30-24-12-9-20(18-25(24)31-26)6-5-17-36-23-8-4-7-22(19-23)21-10-11-21/h4,7-9,12,18-19,21H,5-6,10-11,13-17H2,1-3H3,(H,30,31). The number of H-pyrrole nitrogens is 1. The molecule has 196 valence electrons. The number of imidazole rings is 1. The third-order valence-corrected chi connectivity index (χ3v) is 6.75. The van der Waals surface area contributed by atoms with Crippen LogP contribution in [0, 0.1) is 0 Å². The number of carbonyl (C=O) groups excluding carboxylic acids is 2. The number of piperazine rings is 1. The lowest BCUT2D eigenvalue weighted by Crippen LogP contribution is -2.51. The maximum absolute atomic E-state index is 13.1. The van der Waals surface area contributed by atoms with Gasteiger partial charge >= 0.3 is 6.09 Å². The van der Waals surface area contributed by atoms with E-state index in [2.05, 4.69) is 40.3 Å². The molecule has 0 atom stereocenters. The van der Waals surface area contributed by atoms with Crippen molar-refractivity contribution in [2.45, 2.75) is 58.0 Å². The number of carbonyl (C=O) groups is 2. The highest BCUT2D eigenvalue weighted by molar-refractivity contribution is 5.94. The summed E-state index contributed by atoms with van der Waals surface area (Å²) in [4.78, 5) is 36.4. The second kappa shape index (κ2) is 10.4. The van der Waals surface area contributed by atoms with Crippen molar-refractivity contribution in [3.63, 3.8) is 0 Å². The molecule has 1 N–H and O–H groups in total. The van der Waals surface area contributed by atoms with Crippen LogP contribution in [0.25, 0.3) is 11.0 Å². The first-order valence-corrected chi connectivity index (χ1v) is 13.2. The van der Waals surface area contributed by atoms with E-state index in [0.717, 1.165) is 35.5 Å². The fraction of sp³-hybridized carbons (Fsp3) is 0.483. The number of rotatable bonds is 7. The topological polar surface area (TPSA) is 87.8 Å². The van der Waals surface area contributed by atoms with E-state index in [1.165, 1.54) is 24.0 Å². The molecule has 1 aromatic heterocycles. The van der Waals surface area contributed by atoms with Gasteiger partial charge in [-0.05, 0) is 87.8 Å². The molecule has 2 aromatic carbocycles. The van der Waals surface area contributed by atoms with Gasteiger partial charge < -0.3 is 24.3 Å². The Hall–Kier alpha value is -3.55. The number of aryl methyl sites for hydroxylation is 1. The lowest BCUT2D eigenvalue weighted by Gasteiger charge is -2.35. The number of aromatic amines is 1. The molecule has 1 aliphatic carbocycles. The van der Waals surface area contributed by atoms with Crippen LogP contribution in [0.15, 0.2) is 42.5 Å². The fourth-order valence-corrected chi connectivity index (χ4v) is 4.62. The number of ether oxygens (including phenoxy) is 2. The second-order valence-corrected chi connectivity index (χ2v) is 11.0. The van der Waals surface area contributed by atoms with Crippen molar-refractivity contribution < 1.29 is 19.1 Å². The van der Waals surface area contributed by atoms with Crippen LogP contribution in [0.3, 0.4) is 0 Å². The van der Waals surface area contributed by atoms with Gasteiger partial charge in [-0.2, -0.15) is 0 Å². The molecule has 2 heterocycles. The van der Waals surface area contributed by atoms with E-state index in [4.69, 9.17) is 9.47 Å². The molecule has 1 saturated heterocycles. The minimum absolute atomic E-state index is 0.150. The monoisotopic (exact) mass is 504 g/mol. The van der Waals surface area contributed by atoms with Crippen LogP contribution in [0.1, 0.15) is 67.7 Å². The lowest BCUT2D eigenvalue weighted by atomic mass is 10.1. The highest BCUT2D eigenvalue weighted by Crippen LogP contribution is 2.40. The summed E-state index contributed by atoms with van der Waals surface area (Å²) in [5.41, 5.74) is 3.65. The quantitative estimate of drug-likeness (QED) is 0.450. The summed E-state index contributed by atoms with van der Waals surface area (Å²) < 4.78 is 11.4. The molecule has 2 fully saturated rings. The van der Waals surface area contributed by atoms with Gasteiger partial charge in [0.25, 0.3) is 5.91 Å². The number of fused-ring (bicyclic) bond motifs is 1. The predicted octanol–water partition coefficient (Wildman–Crippen LogP) is 5.14. The lowest BCUT2D eigenvalue weighted by molar-refractivity contribution is 0.0139. The average Bonchev–Trinajstić information content (AvgIpc) is 3.64. The van der Waals surface area contributed by atoms with Gasteiger partial charge in [-0.3, -0.25) is 4.79 Å². The van der Waals surface area contributed by atoms with Crippen LogP contribution in [0.4, 0.5) is 4.79 Å². The van der Waals surface area contributed by atoms with Crippen molar-refractivity contribution in [2.75, 3.05) is 32.8 Å². The highest BCUT2D eigenvalue weighted by atomic mass is 16.6. The van der Waals surface area contributed by atoms with Gasteiger partial charge in [0.05, 0.1) is 17.6 Å². The maximum atomic E-state index is 13.1. The summed E-state index contributed by atoms with van der Waals surface area (Å²) in [5.74, 6) is 1.85. The third-order valence-electron chi connectivity index (χ3n) is 6.75. The largest absolute Gasteiger partial charge is 0.494 e. The van der Waals surface area contributed by atoms with Gasteiger partial charge in [-0.25, -0.2) is 9.78 Å². The summed E-state index contributed by atoms with van der Waals surface area (Å²) in [7, 11) is 0. The molecule has 5 rings (SSSR count). The van der Waals surface area contributed by atoms with E-state index in [1.807, 2.05) is 32.9 Å². The van der Waals surface area contributed by atoms with Crippen molar-refractivity contribution >= 4 is 23.0 Å². The predicted molar refractivity (Wildman–Crippen MR) is 142 cm³/mol. The number of hydrogen-bond acceptors (Lipinski definition) is 5. The Kier molecular flexibility index (Phi) is 7.09. The van der Waals surface area contributed by atoms with Crippen molar-refractivity contribution in [1.82, 2.24) is 19.8 Å². The molecule has 0 unspecified atom stereocenters. The molecule has 2 amide bonds. The van der Waals surface area contributed by atoms with Crippen LogP contribution in [-0.4, -0.2) is 70.2 Å². The Balaban J connectivity index is 1.12. The number of benzene rings is 2. The number of nitrogens with one attached hydrogen (secondary N) is 1. The van der Waals surface area contributed by atoms with E-state index in [1.54, 1.807) is 9.80 Å². The van der Waals surface area contributed by atoms with Gasteiger partial charge in [0.1, 0.15) is 11.4 Å². The minimum Gasteiger partial charge on any atom is -0.494 e. The fourth-order valence-electron chi connectivity index (χ4n) is 4.62. The number of aromatic nitrogens is 2. The molecule has 3 aromatic rings. The van der Waals surface area contributed by atoms with E-state index < -0.39 is 5.60 Å². The van der Waals surface area contributed by atoms with Gasteiger partial charge in [-0.15, -0.1) is 0 Å². The molecule has 2 aliphatic rings. The maximum Gasteiger partial charge on any atom is 0.410 e. The summed E-state index contributed by atoms with van der Waals surface area (Å²) in [6.45, 7) is 7.98. The first-order valence-electron chi connectivity index (χ1n) is 13.2. The van der Waals surface area contributed by atoms with E-state index >= 15 is 0 Å². The first kappa shape index (κ1) is 25.1. The summed E-state index contributed by atoms with van der Waals surface area (Å²) in [6, 6.07) is 14.5. The molecule has 8 nitrogen and oxygen atoms in total. The summed E-state index contributed by atoms with van der Waals surface area (Å²) >= 11 is 0. The Morgan fingerprint density at radius 3 is 2.51 bits per heavy atom. The SMILES string of the molecule is CC(C)(C)OC(=O)N1CCN(C(=O)c2nc3ccc(CCCOc4cccc(C5CC5)c4)cc3[nH]2)CC1. The number of nitrogens with zero attached hydrogens (tertiary/aromatic N) is 3. The smallest absolute Gasteiger partial charge is 0.410 e. The number of hydrogen-bond donors (Lipinski definition) is 1. The molecule has 0 radical (unpaired) electrons. The molecular weight excluding hydrogens is 468 g/mol. The van der Waals surface area contributed by atoms with E-state index in [-0.39, 0.29) is 12.0 Å². The van der Waals surface area contributed by atoms with E-state index in [9.17, 15) is 9.59 Å². The molecule has 37 heavy (non-hydrogen) atoms. The minimum atomic E-state index is -0.536. The number of amides is 2. The van der Waals surface area contributed by atoms with Crippen LogP contribution >= 0.6 is 0 Å². The molecular formula is C29H36N4O4. The van der Waals surface area contributed by atoms with Crippen LogP contribution < -0.4 is 4.74 Å². The summed E-state index contributed by atoms with van der Waals surface area (Å²) in [5, 5.41) is 0. The third kappa shape index (κ3) is 6.42. The Labute approximate surface area is 217 Å². The van der Waals surface area contributed by atoms with Crippen LogP contribution in [-0.2, 0) is 11.2 Å². The Bertz CT molecular complexity index is 1270. The zero-order valence-electron chi connectivity index (χ0n) is 22.0.